The standard InChI is InChI=1S/C21H25.C13H10.C10H9.Zr/c1-20(2,3)16-7-9-18-14(12-16)11-15-13-17(21(4,5)6)8-10-19(15)18;1-3-7-12(8-4-1)11-13-9-5-2-6-10-13;1-8-6-9-4-2-3-5-10(9)7-8;/h7-13H,1-6H3;1-10H;2-7H,1H3;/q-1;;-1;+2. The molecule has 0 bridgehead atoms. The molecule has 0 spiro atoms. The van der Waals surface area contributed by atoms with E-state index in [1.165, 1.54) is 87.6 Å². The average molecular weight is 664 g/mol. The summed E-state index contributed by atoms with van der Waals surface area (Å²) < 4.78 is 1.42. The Morgan fingerprint density at radius 2 is 0.933 bits per heavy atom. The van der Waals surface area contributed by atoms with Crippen molar-refractivity contribution in [1.29, 1.82) is 0 Å². The van der Waals surface area contributed by atoms with Crippen LogP contribution in [0.3, 0.4) is 0 Å². The Kier molecular flexibility index (Phi) is 10.0. The first-order valence-electron chi connectivity index (χ1n) is 15.9. The summed E-state index contributed by atoms with van der Waals surface area (Å²) >= 11 is 1.46. The third-order valence-electron chi connectivity index (χ3n) is 8.32. The minimum absolute atomic E-state index is 0.203. The van der Waals surface area contributed by atoms with Crippen molar-refractivity contribution in [2.75, 3.05) is 0 Å². The molecular weight excluding hydrogens is 620 g/mol. The zero-order valence-electron chi connectivity index (χ0n) is 27.8. The van der Waals surface area contributed by atoms with E-state index >= 15 is 0 Å². The predicted molar refractivity (Wildman–Crippen MR) is 195 cm³/mol. The van der Waals surface area contributed by atoms with Crippen molar-refractivity contribution in [2.24, 2.45) is 0 Å². The molecule has 0 unspecified atom stereocenters. The minimum atomic E-state index is 0.203. The fraction of sp³-hybridized carbons (Fsp3) is 0.205. The Morgan fingerprint density at radius 3 is 1.38 bits per heavy atom. The molecule has 0 atom stereocenters. The summed E-state index contributed by atoms with van der Waals surface area (Å²) in [6.45, 7) is 15.8. The molecule has 7 aromatic carbocycles. The summed E-state index contributed by atoms with van der Waals surface area (Å²) in [6, 6.07) is 50.1. The van der Waals surface area contributed by atoms with Gasteiger partial charge in [0.15, 0.2) is 0 Å². The molecule has 0 aliphatic carbocycles. The van der Waals surface area contributed by atoms with Crippen molar-refractivity contribution in [3.8, 4) is 0 Å². The second kappa shape index (κ2) is 13.8. The Balaban J connectivity index is 0.000000143. The van der Waals surface area contributed by atoms with E-state index in [9.17, 15) is 0 Å². The van der Waals surface area contributed by atoms with Crippen molar-refractivity contribution >= 4 is 35.5 Å². The molecule has 0 aromatic heterocycles. The quantitative estimate of drug-likeness (QED) is 0.162. The van der Waals surface area contributed by atoms with Gasteiger partial charge in [0.2, 0.25) is 0 Å². The number of hydrogen-bond acceptors (Lipinski definition) is 0. The van der Waals surface area contributed by atoms with Gasteiger partial charge in [-0.25, -0.2) is 0 Å². The SMILES string of the molecule is CC(C)(C)c1ccc2c(c1)[cH-]c1cc(C(C)(C)C)ccc12.Cc1cc2ccccc2[cH-]1.[Zr+2]=[C](c1ccccc1)c1ccccc1. The fourth-order valence-electron chi connectivity index (χ4n) is 5.64. The van der Waals surface area contributed by atoms with Crippen LogP contribution >= 0.6 is 0 Å². The van der Waals surface area contributed by atoms with Crippen molar-refractivity contribution in [1.82, 2.24) is 0 Å². The summed E-state index contributed by atoms with van der Waals surface area (Å²) in [4.78, 5) is 0. The second-order valence-electron chi connectivity index (χ2n) is 14.0. The first-order valence-corrected chi connectivity index (χ1v) is 17.1. The van der Waals surface area contributed by atoms with E-state index in [4.69, 9.17) is 0 Å². The Morgan fingerprint density at radius 1 is 0.489 bits per heavy atom. The van der Waals surface area contributed by atoms with E-state index < -0.39 is 0 Å². The van der Waals surface area contributed by atoms with Gasteiger partial charge >= 0.3 is 99.2 Å². The summed E-state index contributed by atoms with van der Waals surface area (Å²) in [5.41, 5.74) is 7.22. The zero-order valence-corrected chi connectivity index (χ0v) is 30.2. The maximum absolute atomic E-state index is 2.35. The van der Waals surface area contributed by atoms with E-state index in [0.29, 0.717) is 0 Å². The molecule has 0 fully saturated rings. The van der Waals surface area contributed by atoms with Crippen LogP contribution in [0.15, 0.2) is 140 Å². The number of hydrogen-bond donors (Lipinski definition) is 0. The normalized spacial score (nSPS) is 11.6. The van der Waals surface area contributed by atoms with Gasteiger partial charge in [0, 0.05) is 0 Å². The summed E-state index contributed by atoms with van der Waals surface area (Å²) in [7, 11) is 0. The maximum atomic E-state index is 2.35. The molecule has 0 radical (unpaired) electrons. The van der Waals surface area contributed by atoms with Gasteiger partial charge in [0.25, 0.3) is 0 Å². The number of fused-ring (bicyclic) bond motifs is 4. The van der Waals surface area contributed by atoms with Crippen LogP contribution in [0.5, 0.6) is 0 Å². The van der Waals surface area contributed by atoms with Gasteiger partial charge in [-0.15, -0.1) is 80.3 Å². The first kappa shape index (κ1) is 32.7. The van der Waals surface area contributed by atoms with Crippen molar-refractivity contribution in [2.45, 2.75) is 59.3 Å². The van der Waals surface area contributed by atoms with Crippen molar-refractivity contribution in [3.05, 3.63) is 167 Å². The molecule has 0 aliphatic heterocycles. The Labute approximate surface area is 284 Å². The van der Waals surface area contributed by atoms with Crippen LogP contribution in [-0.2, 0) is 35.1 Å². The van der Waals surface area contributed by atoms with Crippen LogP contribution in [0, 0.1) is 6.92 Å². The monoisotopic (exact) mass is 662 g/mol. The van der Waals surface area contributed by atoms with Crippen LogP contribution in [0.2, 0.25) is 0 Å². The van der Waals surface area contributed by atoms with E-state index in [2.05, 4.69) is 188 Å². The summed E-state index contributed by atoms with van der Waals surface area (Å²) in [5, 5.41) is 8.17. The first-order chi connectivity index (χ1) is 21.4. The summed E-state index contributed by atoms with van der Waals surface area (Å²) in [6.07, 6.45) is 0. The molecular formula is C44H44Zr. The number of benzene rings is 5. The molecule has 1 heteroatoms. The molecule has 7 rings (SSSR count). The molecule has 45 heavy (non-hydrogen) atoms. The number of aryl methyl sites for hydroxylation is 1. The molecule has 0 aliphatic rings. The molecule has 0 saturated carbocycles. The van der Waals surface area contributed by atoms with Crippen molar-refractivity contribution < 1.29 is 24.2 Å². The average Bonchev–Trinajstić information content (AvgIpc) is 3.60. The third kappa shape index (κ3) is 8.14. The van der Waals surface area contributed by atoms with Gasteiger partial charge in [-0.2, -0.15) is 6.07 Å². The fourth-order valence-corrected chi connectivity index (χ4v) is 6.46. The van der Waals surface area contributed by atoms with Crippen LogP contribution < -0.4 is 0 Å². The van der Waals surface area contributed by atoms with E-state index in [0.717, 1.165) is 0 Å². The van der Waals surface area contributed by atoms with Gasteiger partial charge in [0.05, 0.1) is 0 Å². The van der Waals surface area contributed by atoms with Crippen LogP contribution in [0.1, 0.15) is 69.4 Å². The molecule has 0 heterocycles. The molecule has 224 valence electrons. The van der Waals surface area contributed by atoms with Crippen LogP contribution in [0.4, 0.5) is 0 Å². The summed E-state index contributed by atoms with van der Waals surface area (Å²) in [5.74, 6) is 0. The van der Waals surface area contributed by atoms with Gasteiger partial charge in [0.1, 0.15) is 0 Å². The molecule has 0 amide bonds. The van der Waals surface area contributed by atoms with Crippen molar-refractivity contribution in [3.63, 3.8) is 0 Å². The number of rotatable bonds is 2. The van der Waals surface area contributed by atoms with Gasteiger partial charge in [-0.05, 0) is 10.8 Å². The third-order valence-corrected chi connectivity index (χ3v) is 9.74. The van der Waals surface area contributed by atoms with Gasteiger partial charge in [-0.3, -0.25) is 0 Å². The van der Waals surface area contributed by atoms with E-state index in [-0.39, 0.29) is 10.8 Å². The Hall–Kier alpha value is -3.67. The van der Waals surface area contributed by atoms with Gasteiger partial charge in [-0.1, -0.05) is 89.9 Å². The predicted octanol–water partition coefficient (Wildman–Crippen LogP) is 12.0. The topological polar surface area (TPSA) is 0 Å². The van der Waals surface area contributed by atoms with E-state index in [1.807, 2.05) is 0 Å². The van der Waals surface area contributed by atoms with Crippen LogP contribution in [-0.4, -0.2) is 3.21 Å². The second-order valence-corrected chi connectivity index (χ2v) is 15.2. The molecule has 0 nitrogen and oxygen atoms in total. The Bertz CT molecular complexity index is 1880. The van der Waals surface area contributed by atoms with Gasteiger partial charge < -0.3 is 0 Å². The van der Waals surface area contributed by atoms with E-state index in [1.54, 1.807) is 0 Å². The van der Waals surface area contributed by atoms with Crippen LogP contribution in [0.25, 0.3) is 32.3 Å². The molecule has 0 saturated heterocycles. The molecule has 0 N–H and O–H groups in total. The molecule has 7 aromatic rings. The zero-order chi connectivity index (χ0) is 32.2.